The van der Waals surface area contributed by atoms with E-state index in [0.717, 1.165) is 18.3 Å². The Labute approximate surface area is 76.2 Å². The van der Waals surface area contributed by atoms with Gasteiger partial charge in [0.15, 0.2) is 0 Å². The third-order valence-electron chi connectivity index (χ3n) is 3.55. The van der Waals surface area contributed by atoms with E-state index in [1.165, 1.54) is 19.3 Å². The Hall–Kier alpha value is -0.0400. The van der Waals surface area contributed by atoms with E-state index in [0.29, 0.717) is 5.92 Å². The summed E-state index contributed by atoms with van der Waals surface area (Å²) in [5.41, 5.74) is 0. The molecule has 0 saturated heterocycles. The minimum atomic E-state index is -0.0192. The SMILES string of the molecule is CCCC(C)C1CCC(O)C1C. The second kappa shape index (κ2) is 4.27. The zero-order valence-electron chi connectivity index (χ0n) is 8.59. The van der Waals surface area contributed by atoms with Gasteiger partial charge in [0.05, 0.1) is 6.10 Å². The maximum atomic E-state index is 9.59. The molecule has 1 N–H and O–H groups in total. The van der Waals surface area contributed by atoms with Crippen molar-refractivity contribution in [2.24, 2.45) is 17.8 Å². The van der Waals surface area contributed by atoms with Gasteiger partial charge in [0, 0.05) is 0 Å². The molecule has 0 aromatic carbocycles. The summed E-state index contributed by atoms with van der Waals surface area (Å²) in [5.74, 6) is 2.12. The summed E-state index contributed by atoms with van der Waals surface area (Å²) in [6, 6.07) is 0. The largest absolute Gasteiger partial charge is 0.393 e. The van der Waals surface area contributed by atoms with Crippen LogP contribution in [-0.2, 0) is 0 Å². The third kappa shape index (κ3) is 2.01. The first kappa shape index (κ1) is 10.0. The molecule has 1 nitrogen and oxygen atoms in total. The zero-order chi connectivity index (χ0) is 9.14. The molecule has 0 spiro atoms. The van der Waals surface area contributed by atoms with Crippen LogP contribution in [0.2, 0.25) is 0 Å². The average molecular weight is 170 g/mol. The van der Waals surface area contributed by atoms with E-state index in [2.05, 4.69) is 20.8 Å². The van der Waals surface area contributed by atoms with E-state index < -0.39 is 0 Å². The van der Waals surface area contributed by atoms with Crippen molar-refractivity contribution in [1.29, 1.82) is 0 Å². The standard InChI is InChI=1S/C11H22O/c1-4-5-8(2)10-6-7-11(12)9(10)3/h8-12H,4-7H2,1-3H3. The van der Waals surface area contributed by atoms with E-state index in [1.54, 1.807) is 0 Å². The van der Waals surface area contributed by atoms with Crippen molar-refractivity contribution in [2.75, 3.05) is 0 Å². The van der Waals surface area contributed by atoms with Crippen LogP contribution < -0.4 is 0 Å². The van der Waals surface area contributed by atoms with E-state index in [9.17, 15) is 5.11 Å². The minimum Gasteiger partial charge on any atom is -0.393 e. The summed E-state index contributed by atoms with van der Waals surface area (Å²) in [6.07, 6.45) is 4.85. The lowest BCUT2D eigenvalue weighted by Gasteiger charge is -2.23. The van der Waals surface area contributed by atoms with Crippen molar-refractivity contribution in [1.82, 2.24) is 0 Å². The average Bonchev–Trinajstić information content (AvgIpc) is 2.34. The molecule has 1 saturated carbocycles. The number of aliphatic hydroxyl groups excluding tert-OH is 1. The molecular formula is C11H22O. The molecule has 4 unspecified atom stereocenters. The lowest BCUT2D eigenvalue weighted by molar-refractivity contribution is 0.114. The molecule has 12 heavy (non-hydrogen) atoms. The maximum absolute atomic E-state index is 9.59. The predicted octanol–water partition coefficient (Wildman–Crippen LogP) is 2.83. The Morgan fingerprint density at radius 1 is 1.42 bits per heavy atom. The molecule has 72 valence electrons. The predicted molar refractivity (Wildman–Crippen MR) is 52.0 cm³/mol. The number of hydrogen-bond acceptors (Lipinski definition) is 1. The molecular weight excluding hydrogens is 148 g/mol. The molecule has 0 aromatic heterocycles. The van der Waals surface area contributed by atoms with Gasteiger partial charge in [-0.3, -0.25) is 0 Å². The summed E-state index contributed by atoms with van der Waals surface area (Å²) in [7, 11) is 0. The van der Waals surface area contributed by atoms with Crippen LogP contribution >= 0.6 is 0 Å². The van der Waals surface area contributed by atoms with Gasteiger partial charge >= 0.3 is 0 Å². The smallest absolute Gasteiger partial charge is 0.0568 e. The van der Waals surface area contributed by atoms with Crippen LogP contribution in [-0.4, -0.2) is 11.2 Å². The van der Waals surface area contributed by atoms with Gasteiger partial charge in [-0.1, -0.05) is 33.6 Å². The van der Waals surface area contributed by atoms with Crippen LogP contribution in [0.1, 0.15) is 46.5 Å². The molecule has 0 aromatic rings. The van der Waals surface area contributed by atoms with Gasteiger partial charge in [-0.15, -0.1) is 0 Å². The second-order valence-electron chi connectivity index (χ2n) is 4.43. The highest BCUT2D eigenvalue weighted by molar-refractivity contribution is 4.84. The third-order valence-corrected chi connectivity index (χ3v) is 3.55. The van der Waals surface area contributed by atoms with Gasteiger partial charge in [0.2, 0.25) is 0 Å². The van der Waals surface area contributed by atoms with E-state index in [-0.39, 0.29) is 6.10 Å². The van der Waals surface area contributed by atoms with Crippen molar-refractivity contribution < 1.29 is 5.11 Å². The van der Waals surface area contributed by atoms with Crippen molar-refractivity contribution in [3.8, 4) is 0 Å². The lowest BCUT2D eigenvalue weighted by Crippen LogP contribution is -2.20. The molecule has 0 bridgehead atoms. The fourth-order valence-electron chi connectivity index (χ4n) is 2.65. The molecule has 1 rings (SSSR count). The van der Waals surface area contributed by atoms with E-state index >= 15 is 0 Å². The van der Waals surface area contributed by atoms with Crippen molar-refractivity contribution in [2.45, 2.75) is 52.6 Å². The van der Waals surface area contributed by atoms with Gasteiger partial charge in [-0.2, -0.15) is 0 Å². The first-order chi connectivity index (χ1) is 5.66. The Bertz CT molecular complexity index is 133. The molecule has 4 atom stereocenters. The number of rotatable bonds is 3. The number of hydrogen-bond donors (Lipinski definition) is 1. The first-order valence-electron chi connectivity index (χ1n) is 5.34. The first-order valence-corrected chi connectivity index (χ1v) is 5.34. The van der Waals surface area contributed by atoms with Crippen molar-refractivity contribution >= 4 is 0 Å². The fourth-order valence-corrected chi connectivity index (χ4v) is 2.65. The summed E-state index contributed by atoms with van der Waals surface area (Å²) >= 11 is 0. The van der Waals surface area contributed by atoms with Crippen molar-refractivity contribution in [3.63, 3.8) is 0 Å². The molecule has 0 aliphatic heterocycles. The molecule has 1 aliphatic rings. The molecule has 0 heterocycles. The van der Waals surface area contributed by atoms with Crippen LogP contribution in [0.5, 0.6) is 0 Å². The maximum Gasteiger partial charge on any atom is 0.0568 e. The van der Waals surface area contributed by atoms with Crippen LogP contribution in [0, 0.1) is 17.8 Å². The normalized spacial score (nSPS) is 38.5. The highest BCUT2D eigenvalue weighted by Gasteiger charge is 2.33. The van der Waals surface area contributed by atoms with Gasteiger partial charge in [-0.05, 0) is 30.6 Å². The van der Waals surface area contributed by atoms with E-state index in [1.807, 2.05) is 0 Å². The molecule has 1 aliphatic carbocycles. The zero-order valence-corrected chi connectivity index (χ0v) is 8.59. The second-order valence-corrected chi connectivity index (χ2v) is 4.43. The van der Waals surface area contributed by atoms with Gasteiger partial charge in [0.1, 0.15) is 0 Å². The van der Waals surface area contributed by atoms with Gasteiger partial charge in [-0.25, -0.2) is 0 Å². The Morgan fingerprint density at radius 3 is 2.50 bits per heavy atom. The molecule has 1 fully saturated rings. The molecule has 0 radical (unpaired) electrons. The van der Waals surface area contributed by atoms with Crippen LogP contribution in [0.3, 0.4) is 0 Å². The number of aliphatic hydroxyl groups is 1. The summed E-state index contributed by atoms with van der Waals surface area (Å²) in [5, 5.41) is 9.59. The van der Waals surface area contributed by atoms with Crippen LogP contribution in [0.4, 0.5) is 0 Å². The summed E-state index contributed by atoms with van der Waals surface area (Å²) in [4.78, 5) is 0. The monoisotopic (exact) mass is 170 g/mol. The van der Waals surface area contributed by atoms with Gasteiger partial charge < -0.3 is 5.11 Å². The lowest BCUT2D eigenvalue weighted by atomic mass is 9.83. The quantitative estimate of drug-likeness (QED) is 0.690. The highest BCUT2D eigenvalue weighted by atomic mass is 16.3. The highest BCUT2D eigenvalue weighted by Crippen LogP contribution is 2.38. The molecule has 1 heteroatoms. The Morgan fingerprint density at radius 2 is 2.08 bits per heavy atom. The van der Waals surface area contributed by atoms with Crippen LogP contribution in [0.15, 0.2) is 0 Å². The van der Waals surface area contributed by atoms with Crippen LogP contribution in [0.25, 0.3) is 0 Å². The molecule has 0 amide bonds. The van der Waals surface area contributed by atoms with Gasteiger partial charge in [0.25, 0.3) is 0 Å². The topological polar surface area (TPSA) is 20.2 Å². The van der Waals surface area contributed by atoms with E-state index in [4.69, 9.17) is 0 Å². The Kier molecular flexibility index (Phi) is 3.57. The van der Waals surface area contributed by atoms with Crippen molar-refractivity contribution in [3.05, 3.63) is 0 Å². The Balaban J connectivity index is 2.41. The minimum absolute atomic E-state index is 0.0192. The summed E-state index contributed by atoms with van der Waals surface area (Å²) < 4.78 is 0. The fraction of sp³-hybridized carbons (Fsp3) is 1.00. The summed E-state index contributed by atoms with van der Waals surface area (Å²) in [6.45, 7) is 6.78.